The highest BCUT2D eigenvalue weighted by Crippen LogP contribution is 2.29. The van der Waals surface area contributed by atoms with Crippen molar-refractivity contribution in [3.8, 4) is 130 Å². The van der Waals surface area contributed by atoms with Crippen molar-refractivity contribution < 1.29 is 29.6 Å². The van der Waals surface area contributed by atoms with E-state index < -0.39 is 0 Å². The summed E-state index contributed by atoms with van der Waals surface area (Å²) >= 11 is 5.58. The Balaban J connectivity index is -0.000000513. The van der Waals surface area contributed by atoms with Crippen molar-refractivity contribution in [3.05, 3.63) is 196 Å². The Bertz CT molecular complexity index is 3840. The lowest BCUT2D eigenvalue weighted by Gasteiger charge is -2.23. The quantitative estimate of drug-likeness (QED) is 0.0401. The molecule has 0 bridgehead atoms. The number of ether oxygens (including phenoxy) is 2. The number of rotatable bonds is 7. The highest BCUT2D eigenvalue weighted by atomic mass is 35.5. The van der Waals surface area contributed by atoms with Crippen LogP contribution in [0, 0.1) is 124 Å². The molecule has 424 valence electrons. The number of hydrogen-bond donors (Lipinski definition) is 2. The zero-order valence-electron chi connectivity index (χ0n) is 45.6. The first-order valence-corrected chi connectivity index (χ1v) is 24.8. The molecular formula is C70H64Cl2N6O6. The third kappa shape index (κ3) is 26.9. The van der Waals surface area contributed by atoms with E-state index in [4.69, 9.17) is 32.4 Å². The summed E-state index contributed by atoms with van der Waals surface area (Å²) in [6, 6.07) is 51.1. The number of carbonyl (C=O) groups is 3. The van der Waals surface area contributed by atoms with E-state index in [1.807, 2.05) is 163 Å². The second kappa shape index (κ2) is 44.3. The second-order valence-corrected chi connectivity index (χ2v) is 15.6. The second-order valence-electron chi connectivity index (χ2n) is 15.4. The molecule has 2 amide bonds. The van der Waals surface area contributed by atoms with Crippen LogP contribution in [0.5, 0.6) is 11.5 Å². The van der Waals surface area contributed by atoms with Gasteiger partial charge in [-0.25, -0.2) is 0 Å². The van der Waals surface area contributed by atoms with Crippen molar-refractivity contribution in [2.45, 2.75) is 33.7 Å². The number of halogens is 2. The number of carbonyl (C=O) groups excluding carboxylic acids is 3. The van der Waals surface area contributed by atoms with Crippen LogP contribution in [0.2, 0.25) is 0 Å². The molecule has 0 saturated carbocycles. The molecule has 0 radical (unpaired) electrons. The molecule has 0 atom stereocenters. The van der Waals surface area contributed by atoms with Gasteiger partial charge in [0.15, 0.2) is 6.29 Å². The van der Waals surface area contributed by atoms with E-state index in [0.29, 0.717) is 18.7 Å². The summed E-state index contributed by atoms with van der Waals surface area (Å²) in [6.45, 7) is 4.18. The number of hydrogen-bond acceptors (Lipinski definition) is 9. The lowest BCUT2D eigenvalue weighted by Crippen LogP contribution is -2.31. The minimum Gasteiger partial charge on any atom is -0.497 e. The van der Waals surface area contributed by atoms with E-state index in [1.165, 1.54) is 0 Å². The monoisotopic (exact) mass is 1150 g/mol. The zero-order chi connectivity index (χ0) is 59.3. The summed E-state index contributed by atoms with van der Waals surface area (Å²) in [4.78, 5) is 53.3. The van der Waals surface area contributed by atoms with Crippen molar-refractivity contribution >= 4 is 64.9 Å². The summed E-state index contributed by atoms with van der Waals surface area (Å²) in [5.74, 6) is 52.2. The molecule has 0 unspecified atom stereocenters. The molecule has 6 aromatic carbocycles. The Labute approximate surface area is 510 Å². The molecule has 2 aliphatic heterocycles. The summed E-state index contributed by atoms with van der Waals surface area (Å²) in [6.07, 6.45) is 5.37. The molecule has 0 aromatic heterocycles. The number of terminal acetylenes is 1. The average molecular weight is 1160 g/mol. The Hall–Kier alpha value is -11.6. The van der Waals surface area contributed by atoms with Gasteiger partial charge in [0.25, 0.3) is 0 Å². The fraction of sp³-hybridized carbons (Fsp3) is 0.129. The smallest absolute Gasteiger partial charge is 0.248 e. The van der Waals surface area contributed by atoms with Crippen LogP contribution in [-0.2, 0) is 26.8 Å². The van der Waals surface area contributed by atoms with Crippen LogP contribution in [0.1, 0.15) is 60.4 Å². The molecule has 2 aliphatic rings. The maximum absolute atomic E-state index is 12.9. The fourth-order valence-electron chi connectivity index (χ4n) is 6.64. The Morgan fingerprint density at radius 1 is 0.607 bits per heavy atom. The molecule has 0 fully saturated rings. The lowest BCUT2D eigenvalue weighted by atomic mass is 10.00. The summed E-state index contributed by atoms with van der Waals surface area (Å²) < 4.78 is 10.2. The zero-order valence-corrected chi connectivity index (χ0v) is 47.2. The largest absolute Gasteiger partial charge is 0.497 e. The van der Waals surface area contributed by atoms with Gasteiger partial charge in [-0.2, -0.15) is 0 Å². The lowest BCUT2D eigenvalue weighted by molar-refractivity contribution is -0.117. The van der Waals surface area contributed by atoms with Crippen LogP contribution < -0.4 is 25.5 Å². The van der Waals surface area contributed by atoms with Gasteiger partial charge in [-0.1, -0.05) is 141 Å². The number of nitrogens with one attached hydrogen (secondary N) is 1. The van der Waals surface area contributed by atoms with Gasteiger partial charge < -0.3 is 19.7 Å². The molecule has 12 nitrogen and oxygen atoms in total. The molecular weight excluding hydrogens is 1090 g/mol. The van der Waals surface area contributed by atoms with Crippen molar-refractivity contribution in [2.75, 3.05) is 37.5 Å². The van der Waals surface area contributed by atoms with Gasteiger partial charge in [0.1, 0.15) is 24.6 Å². The molecule has 84 heavy (non-hydrogen) atoms. The van der Waals surface area contributed by atoms with Crippen LogP contribution in [0.3, 0.4) is 0 Å². The van der Waals surface area contributed by atoms with Crippen LogP contribution in [0.25, 0.3) is 0 Å². The standard InChI is InChI=1S/C23H20N2O2.C15H12N2O.C15H4.C8H9ClO.C8H4O.CH4.ClH.H2N2O.4H2/c1-27-19-13-11-17(12-14-19)16-25-21-10-6-5-9-20(21)23(24-15-22(25)26)18-7-3-2-4-8-18;18-14-10-16-15(11-6-2-1-3-7-11)12-8-4-5-9-13(12)17-14;1-3-5-7-9-11-13-15-14-12-10-8-6-4-2;1-10-8-4-2-7(6-9)3-5-8;1-2-3-4-5-6-7-8-9;;;1-2-3;;;;/h2-14H,15-16H2,1H3;1-9H,10H2,(H,17,18);1H,2H3;2-5H,6H2,1H3;8H,1H3;1H4;1H;(H2,1,3);4*1H. The fourth-order valence-corrected chi connectivity index (χ4v) is 6.82. The predicted molar refractivity (Wildman–Crippen MR) is 351 cm³/mol. The first kappa shape index (κ1) is 70.5. The minimum atomic E-state index is -0.0756. The number of nitroso groups, excluding NO2 is 1. The summed E-state index contributed by atoms with van der Waals surface area (Å²) in [7, 11) is 3.29. The van der Waals surface area contributed by atoms with Gasteiger partial charge in [0, 0.05) is 39.1 Å². The van der Waals surface area contributed by atoms with Gasteiger partial charge in [-0.15, -0.1) is 35.3 Å². The first-order chi connectivity index (χ1) is 40.2. The topological polar surface area (TPSA) is 165 Å². The Morgan fingerprint density at radius 2 is 1.02 bits per heavy atom. The average Bonchev–Trinajstić information content (AvgIpc) is 2.11. The molecule has 0 spiro atoms. The SMILES string of the molecule is C.C#CC#CC#CC#CC#CC#CC#CC.CC#CC#CC#CC=O.COc1ccc(CCl)cc1.COc1ccc(CN2C(=O)CN=C(c3ccccc3)c3ccccc32)cc1.Cl.NN=O.O=C1CN=C(c2ccccc2)c2ccccc2N1.[HH].[HH].[HH].[HH]. The van der Waals surface area contributed by atoms with Crippen molar-refractivity contribution in [1.82, 2.24) is 0 Å². The van der Waals surface area contributed by atoms with Gasteiger partial charge in [-0.05, 0) is 162 Å². The summed E-state index contributed by atoms with van der Waals surface area (Å²) in [5.41, 5.74) is 9.58. The van der Waals surface area contributed by atoms with E-state index in [1.54, 1.807) is 33.4 Å². The van der Waals surface area contributed by atoms with Crippen LogP contribution in [0.4, 0.5) is 11.4 Å². The van der Waals surface area contributed by atoms with Gasteiger partial charge in [-0.3, -0.25) is 30.2 Å². The molecule has 8 rings (SSSR count). The number of nitrogens with two attached hydrogens (primary N) is 1. The van der Waals surface area contributed by atoms with Gasteiger partial charge >= 0.3 is 0 Å². The molecule has 0 aliphatic carbocycles. The molecule has 6 aromatic rings. The number of aliphatic imine (C=N–C) groups is 2. The Kier molecular flexibility index (Phi) is 37.2. The van der Waals surface area contributed by atoms with Crippen LogP contribution in [-0.4, -0.2) is 56.8 Å². The highest BCUT2D eigenvalue weighted by molar-refractivity contribution is 6.20. The number of para-hydroxylation sites is 2. The normalized spacial score (nSPS) is 9.79. The molecule has 14 heteroatoms. The molecule has 0 saturated heterocycles. The highest BCUT2D eigenvalue weighted by Gasteiger charge is 2.25. The van der Waals surface area contributed by atoms with E-state index >= 15 is 0 Å². The van der Waals surface area contributed by atoms with Crippen molar-refractivity contribution in [1.29, 1.82) is 0 Å². The summed E-state index contributed by atoms with van der Waals surface area (Å²) in [5, 5.41) is 4.62. The number of benzodiazepines with no additional fused rings is 2. The number of benzene rings is 6. The molecule has 2 heterocycles. The predicted octanol–water partition coefficient (Wildman–Crippen LogP) is 11.5. The number of amides is 2. The van der Waals surface area contributed by atoms with Crippen molar-refractivity contribution in [3.63, 3.8) is 0 Å². The van der Waals surface area contributed by atoms with Crippen LogP contribution in [0.15, 0.2) is 173 Å². The van der Waals surface area contributed by atoms with E-state index in [9.17, 15) is 14.4 Å². The number of methoxy groups -OCH3 is 2. The number of aldehydes is 1. The minimum absolute atomic E-state index is 0. The maximum atomic E-state index is 12.9. The number of alkyl halides is 1. The number of anilines is 2. The Morgan fingerprint density at radius 3 is 1.50 bits per heavy atom. The number of fused-ring (bicyclic) bond motifs is 2. The van der Waals surface area contributed by atoms with E-state index in [2.05, 4.69) is 134 Å². The molecule has 3 N–H and O–H groups in total. The van der Waals surface area contributed by atoms with Gasteiger partial charge in [0.05, 0.1) is 43.6 Å². The maximum Gasteiger partial charge on any atom is 0.248 e. The van der Waals surface area contributed by atoms with E-state index in [-0.39, 0.29) is 50.4 Å². The third-order valence-corrected chi connectivity index (χ3v) is 10.4. The van der Waals surface area contributed by atoms with Crippen LogP contribution >= 0.6 is 24.0 Å². The van der Waals surface area contributed by atoms with Gasteiger partial charge in [0.2, 0.25) is 11.8 Å². The third-order valence-electron chi connectivity index (χ3n) is 10.1. The first-order valence-electron chi connectivity index (χ1n) is 24.3. The van der Waals surface area contributed by atoms with E-state index in [0.717, 1.165) is 67.7 Å². The number of nitrogens with zero attached hydrogens (tertiary/aromatic N) is 4. The van der Waals surface area contributed by atoms with Crippen molar-refractivity contribution in [2.24, 2.45) is 21.1 Å².